The number of nitriles is 1. The van der Waals surface area contributed by atoms with Gasteiger partial charge in [0.1, 0.15) is 11.3 Å². The number of amides is 1. The quantitative estimate of drug-likeness (QED) is 0.440. The van der Waals surface area contributed by atoms with Gasteiger partial charge in [0.05, 0.1) is 25.9 Å². The molecule has 3 N–H and O–H groups in total. The molecule has 1 saturated heterocycles. The molecule has 1 amide bonds. The van der Waals surface area contributed by atoms with Crippen molar-refractivity contribution in [2.45, 2.75) is 19.4 Å². The SMILES string of the molecule is CCN[C@H](CC(=O)N1CCN(c2nc(N)c3cc(OC)c(OC)c(F)c3n2)CC1)c1ccc(C#N)cc1.Cl. The van der Waals surface area contributed by atoms with Crippen LogP contribution in [0.4, 0.5) is 16.2 Å². The largest absolute Gasteiger partial charge is 0.493 e. The molecule has 4 rings (SSSR count). The number of fused-ring (bicyclic) bond motifs is 1. The number of aromatic nitrogens is 2. The van der Waals surface area contributed by atoms with Crippen molar-refractivity contribution in [1.82, 2.24) is 20.2 Å². The van der Waals surface area contributed by atoms with E-state index in [0.29, 0.717) is 56.0 Å². The zero-order chi connectivity index (χ0) is 26.5. The van der Waals surface area contributed by atoms with Crippen LogP contribution in [0, 0.1) is 17.1 Å². The number of hydrogen-bond donors (Lipinski definition) is 2. The fraction of sp³-hybridized carbons (Fsp3) is 0.385. The van der Waals surface area contributed by atoms with Crippen molar-refractivity contribution in [3.05, 3.63) is 47.3 Å². The highest BCUT2D eigenvalue weighted by Crippen LogP contribution is 2.37. The van der Waals surface area contributed by atoms with Crippen LogP contribution in [0.2, 0.25) is 0 Å². The number of hydrogen-bond acceptors (Lipinski definition) is 9. The highest BCUT2D eigenvalue weighted by Gasteiger charge is 2.27. The molecule has 2 aromatic carbocycles. The number of nitrogens with one attached hydrogen (secondary N) is 1. The van der Waals surface area contributed by atoms with Crippen LogP contribution in [0.3, 0.4) is 0 Å². The van der Waals surface area contributed by atoms with Gasteiger partial charge in [-0.15, -0.1) is 12.4 Å². The number of nitrogens with zero attached hydrogens (tertiary/aromatic N) is 5. The highest BCUT2D eigenvalue weighted by molar-refractivity contribution is 5.92. The standard InChI is InChI=1S/C26H30FN7O3.ClH/c1-4-30-19(17-7-5-16(15-28)6-8-17)14-21(35)33-9-11-34(12-10-33)26-31-23-18(25(29)32-26)13-20(36-2)24(37-3)22(23)27;/h5-8,13,19,30H,4,9-12,14H2,1-3H3,(H2,29,31,32);1H/t19-;/m1./s1. The van der Waals surface area contributed by atoms with E-state index in [4.69, 9.17) is 20.5 Å². The van der Waals surface area contributed by atoms with Crippen LogP contribution in [-0.4, -0.2) is 67.7 Å². The number of methoxy groups -OCH3 is 2. The lowest BCUT2D eigenvalue weighted by molar-refractivity contribution is -0.132. The van der Waals surface area contributed by atoms with Gasteiger partial charge in [0.25, 0.3) is 0 Å². The molecule has 0 aliphatic carbocycles. The summed E-state index contributed by atoms with van der Waals surface area (Å²) in [5.74, 6) is -0.0535. The maximum absolute atomic E-state index is 15.1. The summed E-state index contributed by atoms with van der Waals surface area (Å²) in [6.07, 6.45) is 0.298. The zero-order valence-corrected chi connectivity index (χ0v) is 22.3. The molecule has 0 bridgehead atoms. The third-order valence-corrected chi connectivity index (χ3v) is 6.48. The van der Waals surface area contributed by atoms with Crippen molar-refractivity contribution in [2.24, 2.45) is 0 Å². The Balaban J connectivity index is 0.00000400. The number of halogens is 2. The van der Waals surface area contributed by atoms with Crippen molar-refractivity contribution in [1.29, 1.82) is 5.26 Å². The molecule has 1 atom stereocenters. The minimum atomic E-state index is -0.668. The first-order chi connectivity index (χ1) is 17.9. The number of anilines is 2. The highest BCUT2D eigenvalue weighted by atomic mass is 35.5. The zero-order valence-electron chi connectivity index (χ0n) is 21.5. The number of carbonyl (C=O) groups is 1. The monoisotopic (exact) mass is 543 g/mol. The van der Waals surface area contributed by atoms with E-state index >= 15 is 4.39 Å². The van der Waals surface area contributed by atoms with E-state index in [1.807, 2.05) is 28.9 Å². The molecule has 1 aromatic heterocycles. The van der Waals surface area contributed by atoms with Crippen molar-refractivity contribution < 1.29 is 18.7 Å². The van der Waals surface area contributed by atoms with E-state index in [1.54, 1.807) is 18.2 Å². The predicted molar refractivity (Wildman–Crippen MR) is 145 cm³/mol. The van der Waals surface area contributed by atoms with Gasteiger partial charge in [-0.2, -0.15) is 10.2 Å². The third-order valence-electron chi connectivity index (χ3n) is 6.48. The third kappa shape index (κ3) is 5.82. The maximum atomic E-state index is 15.1. The predicted octanol–water partition coefficient (Wildman–Crippen LogP) is 3.05. The second kappa shape index (κ2) is 12.6. The molecule has 1 aliphatic rings. The van der Waals surface area contributed by atoms with Gasteiger partial charge in [-0.1, -0.05) is 19.1 Å². The van der Waals surface area contributed by atoms with Crippen molar-refractivity contribution >= 4 is 41.0 Å². The molecule has 1 fully saturated rings. The molecule has 38 heavy (non-hydrogen) atoms. The van der Waals surface area contributed by atoms with Gasteiger partial charge in [-0.25, -0.2) is 9.37 Å². The van der Waals surface area contributed by atoms with Crippen molar-refractivity contribution in [3.63, 3.8) is 0 Å². The Hall–Kier alpha value is -3.88. The van der Waals surface area contributed by atoms with E-state index in [0.717, 1.165) is 5.56 Å². The second-order valence-electron chi connectivity index (χ2n) is 8.65. The average molecular weight is 544 g/mol. The van der Waals surface area contributed by atoms with E-state index in [9.17, 15) is 4.79 Å². The molecule has 10 nitrogen and oxygen atoms in total. The Labute approximate surface area is 226 Å². The smallest absolute Gasteiger partial charge is 0.228 e. The van der Waals surface area contributed by atoms with Crippen LogP contribution in [0.5, 0.6) is 11.5 Å². The fourth-order valence-electron chi connectivity index (χ4n) is 4.48. The molecule has 202 valence electrons. The Bertz CT molecular complexity index is 1330. The van der Waals surface area contributed by atoms with E-state index in [-0.39, 0.29) is 47.2 Å². The summed E-state index contributed by atoms with van der Waals surface area (Å²) in [7, 11) is 2.77. The molecule has 2 heterocycles. The van der Waals surface area contributed by atoms with Gasteiger partial charge >= 0.3 is 0 Å². The Morgan fingerprint density at radius 1 is 1.18 bits per heavy atom. The number of nitrogen functional groups attached to an aromatic ring is 1. The molecule has 3 aromatic rings. The van der Waals surface area contributed by atoms with Gasteiger partial charge in [-0.3, -0.25) is 4.79 Å². The number of piperazine rings is 1. The lowest BCUT2D eigenvalue weighted by Crippen LogP contribution is -2.49. The summed E-state index contributed by atoms with van der Waals surface area (Å²) in [4.78, 5) is 25.6. The van der Waals surface area contributed by atoms with Gasteiger partial charge in [0.2, 0.25) is 11.9 Å². The fourth-order valence-corrected chi connectivity index (χ4v) is 4.48. The summed E-state index contributed by atoms with van der Waals surface area (Å²) in [5.41, 5.74) is 7.74. The lowest BCUT2D eigenvalue weighted by Gasteiger charge is -2.35. The van der Waals surface area contributed by atoms with Gasteiger partial charge < -0.3 is 30.3 Å². The Morgan fingerprint density at radius 2 is 1.87 bits per heavy atom. The second-order valence-corrected chi connectivity index (χ2v) is 8.65. The van der Waals surface area contributed by atoms with Gasteiger partial charge in [-0.05, 0) is 30.3 Å². The molecular weight excluding hydrogens is 513 g/mol. The van der Waals surface area contributed by atoms with Crippen LogP contribution < -0.4 is 25.4 Å². The van der Waals surface area contributed by atoms with Crippen LogP contribution >= 0.6 is 12.4 Å². The molecular formula is C26H31ClFN7O3. The molecule has 12 heteroatoms. The number of carbonyl (C=O) groups excluding carboxylic acids is 1. The van der Waals surface area contributed by atoms with Crippen molar-refractivity contribution in [2.75, 3.05) is 57.6 Å². The minimum absolute atomic E-state index is 0. The van der Waals surface area contributed by atoms with E-state index < -0.39 is 5.82 Å². The summed E-state index contributed by atoms with van der Waals surface area (Å²) in [6, 6.07) is 10.8. The Kier molecular flexibility index (Phi) is 9.50. The van der Waals surface area contributed by atoms with Gasteiger partial charge in [0.15, 0.2) is 17.3 Å². The number of nitrogens with two attached hydrogens (primary N) is 1. The van der Waals surface area contributed by atoms with E-state index in [1.165, 1.54) is 14.2 Å². The van der Waals surface area contributed by atoms with Gasteiger partial charge in [0, 0.05) is 44.0 Å². The van der Waals surface area contributed by atoms with Crippen LogP contribution in [0.15, 0.2) is 30.3 Å². The van der Waals surface area contributed by atoms with Crippen LogP contribution in [0.1, 0.15) is 30.5 Å². The topological polar surface area (TPSA) is 130 Å². The average Bonchev–Trinajstić information content (AvgIpc) is 2.93. The van der Waals surface area contributed by atoms with Crippen molar-refractivity contribution in [3.8, 4) is 17.6 Å². The number of rotatable bonds is 8. The normalized spacial score (nSPS) is 14.0. The molecule has 0 saturated carbocycles. The molecule has 0 radical (unpaired) electrons. The summed E-state index contributed by atoms with van der Waals surface area (Å²) in [6.45, 7) is 4.60. The summed E-state index contributed by atoms with van der Waals surface area (Å²) in [5, 5.41) is 12.7. The van der Waals surface area contributed by atoms with E-state index in [2.05, 4.69) is 21.4 Å². The number of ether oxygens (including phenoxy) is 2. The maximum Gasteiger partial charge on any atom is 0.228 e. The first kappa shape index (κ1) is 28.7. The summed E-state index contributed by atoms with van der Waals surface area (Å²) >= 11 is 0. The minimum Gasteiger partial charge on any atom is -0.493 e. The van der Waals surface area contributed by atoms with Crippen LogP contribution in [0.25, 0.3) is 10.9 Å². The molecule has 1 aliphatic heterocycles. The Morgan fingerprint density at radius 3 is 2.45 bits per heavy atom. The first-order valence-electron chi connectivity index (χ1n) is 12.0. The molecule has 0 unspecified atom stereocenters. The summed E-state index contributed by atoms with van der Waals surface area (Å²) < 4.78 is 25.5. The van der Waals surface area contributed by atoms with Crippen LogP contribution in [-0.2, 0) is 4.79 Å². The lowest BCUT2D eigenvalue weighted by atomic mass is 10.0. The first-order valence-corrected chi connectivity index (χ1v) is 12.0. The molecule has 0 spiro atoms. The number of benzene rings is 2.